The number of hydrogen-bond donors (Lipinski definition) is 4. The van der Waals surface area contributed by atoms with Gasteiger partial charge in [-0.25, -0.2) is 3.71 Å². The number of hydrogen-bond acceptors (Lipinski definition) is 9. The van der Waals surface area contributed by atoms with Crippen molar-refractivity contribution >= 4 is 56.0 Å². The first-order valence-corrected chi connectivity index (χ1v) is 7.76. The van der Waals surface area contributed by atoms with E-state index >= 15 is 0 Å². The molecule has 1 N–H and O–H groups in total. The van der Waals surface area contributed by atoms with Gasteiger partial charge in [-0.05, 0) is 11.9 Å². The second-order valence-corrected chi connectivity index (χ2v) is 7.11. The summed E-state index contributed by atoms with van der Waals surface area (Å²) in [5.74, 6) is 1.55. The van der Waals surface area contributed by atoms with Gasteiger partial charge >= 0.3 is 0 Å². The molecule has 0 aromatic heterocycles. The fourth-order valence-corrected chi connectivity index (χ4v) is 3.14. The average molecular weight is 325 g/mol. The molecule has 0 unspecified atom stereocenters. The molecule has 5 nitrogen and oxygen atoms in total. The summed E-state index contributed by atoms with van der Waals surface area (Å²) in [5.41, 5.74) is 0. The summed E-state index contributed by atoms with van der Waals surface area (Å²) >= 11 is 14.4. The van der Waals surface area contributed by atoms with Crippen molar-refractivity contribution < 1.29 is 5.11 Å². The Kier molecular flexibility index (Phi) is 4.27. The summed E-state index contributed by atoms with van der Waals surface area (Å²) in [6.07, 6.45) is 1.93. The molecular formula is C9H16N4OS4. The molecule has 2 aliphatic heterocycles. The summed E-state index contributed by atoms with van der Waals surface area (Å²) in [5, 5.41) is 9.66. The van der Waals surface area contributed by atoms with Crippen LogP contribution >= 0.6 is 50.0 Å². The fraction of sp³-hybridized carbons (Fsp3) is 0.667. The van der Waals surface area contributed by atoms with Crippen LogP contribution in [0.3, 0.4) is 0 Å². The summed E-state index contributed by atoms with van der Waals surface area (Å²) in [6, 6.07) is 0. The van der Waals surface area contributed by atoms with E-state index in [0.29, 0.717) is 19.6 Å². The molecule has 0 saturated carbocycles. The van der Waals surface area contributed by atoms with Gasteiger partial charge in [0.2, 0.25) is 5.96 Å². The molecule has 1 fully saturated rings. The van der Waals surface area contributed by atoms with E-state index in [0.717, 1.165) is 16.7 Å². The molecule has 9 heteroatoms. The number of likely N-dealkylation sites (N-methyl/N-ethyl adjacent to an activating group) is 1. The molecule has 0 aliphatic carbocycles. The van der Waals surface area contributed by atoms with Crippen LogP contribution in [0, 0.1) is 0 Å². The largest absolute Gasteiger partial charge is 0.376 e. The number of aliphatic hydroxyl groups is 1. The maximum atomic E-state index is 9.66. The third kappa shape index (κ3) is 2.84. The van der Waals surface area contributed by atoms with Crippen molar-refractivity contribution in [3.05, 3.63) is 10.7 Å². The third-order valence-corrected chi connectivity index (χ3v) is 4.53. The highest BCUT2D eigenvalue weighted by molar-refractivity contribution is 8.05. The van der Waals surface area contributed by atoms with Crippen molar-refractivity contribution in [1.29, 1.82) is 0 Å². The zero-order valence-corrected chi connectivity index (χ0v) is 13.6. The highest BCUT2D eigenvalue weighted by Crippen LogP contribution is 2.33. The molecule has 2 heterocycles. The van der Waals surface area contributed by atoms with Crippen LogP contribution in [0.15, 0.2) is 15.7 Å². The Labute approximate surface area is 128 Å². The van der Waals surface area contributed by atoms with Crippen LogP contribution in [0.5, 0.6) is 0 Å². The first-order valence-electron chi connectivity index (χ1n) is 5.29. The summed E-state index contributed by atoms with van der Waals surface area (Å²) < 4.78 is 1.70. The van der Waals surface area contributed by atoms with E-state index in [2.05, 4.69) is 43.1 Å². The molecular weight excluding hydrogens is 308 g/mol. The van der Waals surface area contributed by atoms with Crippen LogP contribution in [0.25, 0.3) is 0 Å². The monoisotopic (exact) mass is 324 g/mol. The Bertz CT molecular complexity index is 397. The van der Waals surface area contributed by atoms with Gasteiger partial charge in [-0.15, -0.1) is 25.3 Å². The fourth-order valence-electron chi connectivity index (χ4n) is 1.85. The SMILES string of the molecule is CSN(S)C1=NC(N2CC(O)(S)C2)=C(S)CN1C. The lowest BCUT2D eigenvalue weighted by molar-refractivity contribution is -0.00549. The van der Waals surface area contributed by atoms with Gasteiger partial charge in [0.25, 0.3) is 0 Å². The molecule has 0 spiro atoms. The minimum atomic E-state index is -0.916. The lowest BCUT2D eigenvalue weighted by Gasteiger charge is -2.46. The Morgan fingerprint density at radius 1 is 1.50 bits per heavy atom. The van der Waals surface area contributed by atoms with Gasteiger partial charge in [0, 0.05) is 18.2 Å². The second kappa shape index (κ2) is 5.28. The molecule has 0 bridgehead atoms. The smallest absolute Gasteiger partial charge is 0.223 e. The summed E-state index contributed by atoms with van der Waals surface area (Å²) in [6.45, 7) is 1.60. The van der Waals surface area contributed by atoms with E-state index in [1.165, 1.54) is 11.9 Å². The Hall–Kier alpha value is 0.170. The van der Waals surface area contributed by atoms with Gasteiger partial charge in [0.15, 0.2) is 0 Å². The number of likely N-dealkylation sites (tertiary alicyclic amines) is 1. The van der Waals surface area contributed by atoms with Gasteiger partial charge < -0.3 is 14.9 Å². The lowest BCUT2D eigenvalue weighted by atomic mass is 10.1. The van der Waals surface area contributed by atoms with Gasteiger partial charge in [0.05, 0.1) is 19.6 Å². The predicted octanol–water partition coefficient (Wildman–Crippen LogP) is 0.746. The van der Waals surface area contributed by atoms with Crippen LogP contribution in [0.2, 0.25) is 0 Å². The van der Waals surface area contributed by atoms with Crippen molar-refractivity contribution in [2.45, 2.75) is 4.93 Å². The Morgan fingerprint density at radius 2 is 2.11 bits per heavy atom. The van der Waals surface area contributed by atoms with E-state index in [4.69, 9.17) is 0 Å². The van der Waals surface area contributed by atoms with Crippen molar-refractivity contribution in [1.82, 2.24) is 13.5 Å². The summed E-state index contributed by atoms with van der Waals surface area (Å²) in [4.78, 5) is 8.46. The molecule has 0 aromatic carbocycles. The van der Waals surface area contributed by atoms with E-state index in [1.54, 1.807) is 3.71 Å². The minimum absolute atomic E-state index is 0.460. The first-order chi connectivity index (χ1) is 8.34. The number of β-amino-alcohol motifs (C(OH)–C–C–N with tert-alkyl or cyclic N) is 1. The van der Waals surface area contributed by atoms with E-state index in [-0.39, 0.29) is 0 Å². The maximum Gasteiger partial charge on any atom is 0.223 e. The third-order valence-electron chi connectivity index (χ3n) is 2.72. The minimum Gasteiger partial charge on any atom is -0.376 e. The van der Waals surface area contributed by atoms with Crippen LogP contribution in [0.4, 0.5) is 0 Å². The zero-order valence-electron chi connectivity index (χ0n) is 10.1. The quantitative estimate of drug-likeness (QED) is 0.343. The Balaban J connectivity index is 2.19. The van der Waals surface area contributed by atoms with Crippen LogP contribution in [0.1, 0.15) is 0 Å². The lowest BCUT2D eigenvalue weighted by Crippen LogP contribution is -2.58. The molecule has 0 atom stereocenters. The molecule has 0 amide bonds. The number of aliphatic imine (C=N–C) groups is 1. The van der Waals surface area contributed by atoms with Gasteiger partial charge in [0.1, 0.15) is 10.8 Å². The van der Waals surface area contributed by atoms with Gasteiger partial charge in [-0.2, -0.15) is 4.99 Å². The van der Waals surface area contributed by atoms with E-state index < -0.39 is 4.93 Å². The second-order valence-electron chi connectivity index (χ2n) is 4.33. The highest BCUT2D eigenvalue weighted by atomic mass is 32.2. The van der Waals surface area contributed by atoms with E-state index in [1.807, 2.05) is 23.1 Å². The number of thiol groups is 3. The van der Waals surface area contributed by atoms with E-state index in [9.17, 15) is 5.11 Å². The average Bonchev–Trinajstić information content (AvgIpc) is 2.25. The van der Waals surface area contributed by atoms with Crippen LogP contribution < -0.4 is 0 Å². The van der Waals surface area contributed by atoms with Crippen molar-refractivity contribution in [2.24, 2.45) is 4.99 Å². The Morgan fingerprint density at radius 3 is 2.61 bits per heavy atom. The van der Waals surface area contributed by atoms with Crippen LogP contribution in [-0.4, -0.2) is 62.4 Å². The molecule has 102 valence electrons. The zero-order chi connectivity index (χ0) is 13.5. The first kappa shape index (κ1) is 14.6. The maximum absolute atomic E-state index is 9.66. The molecule has 0 radical (unpaired) electrons. The standard InChI is InChI=1S/C9H16N4OS4/c1-11-3-6(15)7(10-8(11)13(17)18-2)12-4-9(14,16)5-12/h14-17H,3-5H2,1-2H3. The van der Waals surface area contributed by atoms with Gasteiger partial charge in [-0.3, -0.25) is 0 Å². The molecule has 18 heavy (non-hydrogen) atoms. The van der Waals surface area contributed by atoms with Gasteiger partial charge in [-0.1, -0.05) is 12.8 Å². The van der Waals surface area contributed by atoms with Crippen molar-refractivity contribution in [3.63, 3.8) is 0 Å². The predicted molar refractivity (Wildman–Crippen MR) is 85.9 cm³/mol. The normalized spacial score (nSPS) is 22.9. The van der Waals surface area contributed by atoms with Crippen LogP contribution in [-0.2, 0) is 0 Å². The molecule has 1 saturated heterocycles. The summed E-state index contributed by atoms with van der Waals surface area (Å²) in [7, 11) is 1.94. The number of nitrogens with zero attached hydrogens (tertiary/aromatic N) is 4. The molecule has 2 rings (SSSR count). The highest BCUT2D eigenvalue weighted by Gasteiger charge is 2.40. The number of rotatable bonds is 2. The molecule has 0 aromatic rings. The number of guanidine groups is 1. The van der Waals surface area contributed by atoms with Crippen molar-refractivity contribution in [3.8, 4) is 0 Å². The molecule has 2 aliphatic rings. The topological polar surface area (TPSA) is 42.3 Å². The van der Waals surface area contributed by atoms with Crippen molar-refractivity contribution in [2.75, 3.05) is 32.9 Å².